The van der Waals surface area contributed by atoms with Crippen LogP contribution in [-0.4, -0.2) is 36.4 Å². The highest BCUT2D eigenvalue weighted by Gasteiger charge is 2.28. The lowest BCUT2D eigenvalue weighted by atomic mass is 10.0. The summed E-state index contributed by atoms with van der Waals surface area (Å²) in [6.45, 7) is 7.34. The number of nitrogens with zero attached hydrogens (tertiary/aromatic N) is 2. The number of halogens is 1. The first-order chi connectivity index (χ1) is 16.0. The third-order valence-corrected chi connectivity index (χ3v) is 8.54. The highest BCUT2D eigenvalue weighted by molar-refractivity contribution is 8.01. The maximum absolute atomic E-state index is 13.6. The van der Waals surface area contributed by atoms with Gasteiger partial charge in [0.25, 0.3) is 0 Å². The quantitative estimate of drug-likeness (QED) is 0.451. The summed E-state index contributed by atoms with van der Waals surface area (Å²) in [6.07, 6.45) is 2.95. The molecule has 0 bridgehead atoms. The largest absolute Gasteiger partial charge is 0.353 e. The standard InChI is InChI=1S/C27H30FN3S2/c1-18(2)14-22-16-23-26(30-24-8-3-4-9-25(24)33-27(23)32-22)31-13-12-29-21(17-31)11-10-19-6-5-7-20(28)15-19/h3-9,15-16,18,21,29H,10-14,17H2,1-2H3/t21-/m0/s1. The van der Waals surface area contributed by atoms with Crippen LogP contribution in [0.15, 0.2) is 68.7 Å². The smallest absolute Gasteiger partial charge is 0.138 e. The van der Waals surface area contributed by atoms with E-state index < -0.39 is 0 Å². The summed E-state index contributed by atoms with van der Waals surface area (Å²) in [4.78, 5) is 10.3. The second kappa shape index (κ2) is 10.00. The molecule has 2 aliphatic heterocycles. The Morgan fingerprint density at radius 2 is 2.03 bits per heavy atom. The number of fused-ring (bicyclic) bond motifs is 2. The molecule has 3 nitrogen and oxygen atoms in total. The number of hydrogen-bond acceptors (Lipinski definition) is 5. The van der Waals surface area contributed by atoms with Crippen LogP contribution in [0.1, 0.15) is 36.3 Å². The van der Waals surface area contributed by atoms with Crippen LogP contribution >= 0.6 is 23.1 Å². The molecule has 1 N–H and O–H groups in total. The van der Waals surface area contributed by atoms with Crippen LogP contribution in [0.2, 0.25) is 0 Å². The van der Waals surface area contributed by atoms with Crippen LogP contribution in [0.5, 0.6) is 0 Å². The molecule has 0 saturated carbocycles. The average Bonchev–Trinajstić information content (AvgIpc) is 3.11. The molecule has 1 atom stereocenters. The summed E-state index contributed by atoms with van der Waals surface area (Å²) in [7, 11) is 0. The Bertz CT molecular complexity index is 1150. The predicted octanol–water partition coefficient (Wildman–Crippen LogP) is 6.54. The molecule has 1 fully saturated rings. The van der Waals surface area contributed by atoms with Gasteiger partial charge >= 0.3 is 0 Å². The molecule has 0 amide bonds. The molecule has 5 rings (SSSR count). The highest BCUT2D eigenvalue weighted by atomic mass is 32.2. The molecule has 2 aromatic carbocycles. The number of thiophene rings is 1. The fourth-order valence-electron chi connectivity index (χ4n) is 4.55. The molecular formula is C27H30FN3S2. The van der Waals surface area contributed by atoms with Gasteiger partial charge < -0.3 is 10.2 Å². The van der Waals surface area contributed by atoms with E-state index in [0.717, 1.165) is 56.0 Å². The zero-order valence-corrected chi connectivity index (χ0v) is 20.8. The number of aliphatic imine (C=N–C) groups is 1. The molecule has 2 aliphatic rings. The highest BCUT2D eigenvalue weighted by Crippen LogP contribution is 2.45. The minimum Gasteiger partial charge on any atom is -0.353 e. The van der Waals surface area contributed by atoms with Gasteiger partial charge in [-0.1, -0.05) is 49.9 Å². The Morgan fingerprint density at radius 3 is 2.88 bits per heavy atom. The van der Waals surface area contributed by atoms with Crippen molar-refractivity contribution in [2.24, 2.45) is 10.9 Å². The van der Waals surface area contributed by atoms with Crippen LogP contribution in [0, 0.1) is 11.7 Å². The van der Waals surface area contributed by atoms with Gasteiger partial charge in [0.2, 0.25) is 0 Å². The summed E-state index contributed by atoms with van der Waals surface area (Å²) in [5.74, 6) is 1.58. The second-order valence-electron chi connectivity index (χ2n) is 9.28. The van der Waals surface area contributed by atoms with Gasteiger partial charge in [-0.05, 0) is 61.1 Å². The first-order valence-electron chi connectivity index (χ1n) is 11.8. The first-order valence-corrected chi connectivity index (χ1v) is 13.4. The lowest BCUT2D eigenvalue weighted by Crippen LogP contribution is -2.52. The summed E-state index contributed by atoms with van der Waals surface area (Å²) in [6, 6.07) is 18.2. The Morgan fingerprint density at radius 1 is 1.15 bits per heavy atom. The van der Waals surface area contributed by atoms with Gasteiger partial charge in [-0.2, -0.15) is 0 Å². The maximum atomic E-state index is 13.6. The van der Waals surface area contributed by atoms with Crippen molar-refractivity contribution < 1.29 is 4.39 Å². The number of nitrogens with one attached hydrogen (secondary N) is 1. The van der Waals surface area contributed by atoms with Crippen LogP contribution in [0.25, 0.3) is 0 Å². The van der Waals surface area contributed by atoms with Gasteiger partial charge in [0, 0.05) is 41.0 Å². The molecule has 3 aromatic rings. The summed E-state index contributed by atoms with van der Waals surface area (Å²) in [5, 5.41) is 3.67. The number of aryl methyl sites for hydroxylation is 1. The van der Waals surface area contributed by atoms with Crippen molar-refractivity contribution in [1.29, 1.82) is 0 Å². The van der Waals surface area contributed by atoms with E-state index in [1.54, 1.807) is 12.1 Å². The third kappa shape index (κ3) is 5.34. The molecule has 1 aromatic heterocycles. The second-order valence-corrected chi connectivity index (χ2v) is 11.7. The SMILES string of the molecule is CC(C)Cc1cc2c(s1)Sc1ccccc1N=C2N1CCN[C@@H](CCc2cccc(F)c2)C1. The van der Waals surface area contributed by atoms with E-state index in [1.807, 2.05) is 29.2 Å². The average molecular weight is 480 g/mol. The zero-order valence-electron chi connectivity index (χ0n) is 19.2. The normalized spacial score (nSPS) is 18.0. The van der Waals surface area contributed by atoms with Gasteiger partial charge in [-0.3, -0.25) is 0 Å². The number of rotatable bonds is 5. The van der Waals surface area contributed by atoms with Gasteiger partial charge in [0.15, 0.2) is 0 Å². The first kappa shape index (κ1) is 22.6. The molecule has 0 radical (unpaired) electrons. The van der Waals surface area contributed by atoms with E-state index in [4.69, 9.17) is 4.99 Å². The van der Waals surface area contributed by atoms with E-state index in [-0.39, 0.29) is 5.82 Å². The van der Waals surface area contributed by atoms with E-state index in [9.17, 15) is 4.39 Å². The number of benzene rings is 2. The zero-order chi connectivity index (χ0) is 22.8. The summed E-state index contributed by atoms with van der Waals surface area (Å²) in [5.41, 5.74) is 3.40. The van der Waals surface area contributed by atoms with Crippen LogP contribution < -0.4 is 5.32 Å². The van der Waals surface area contributed by atoms with Crippen molar-refractivity contribution >= 4 is 34.6 Å². The molecule has 172 valence electrons. The fourth-order valence-corrected chi connectivity index (χ4v) is 7.23. The van der Waals surface area contributed by atoms with Gasteiger partial charge in [-0.15, -0.1) is 11.3 Å². The van der Waals surface area contributed by atoms with Gasteiger partial charge in [0.05, 0.1) is 9.90 Å². The van der Waals surface area contributed by atoms with E-state index in [1.165, 1.54) is 25.6 Å². The van der Waals surface area contributed by atoms with Gasteiger partial charge in [0.1, 0.15) is 11.7 Å². The van der Waals surface area contributed by atoms with Crippen LogP contribution in [-0.2, 0) is 12.8 Å². The molecular weight excluding hydrogens is 449 g/mol. The Kier molecular flexibility index (Phi) is 6.86. The van der Waals surface area contributed by atoms with Crippen molar-refractivity contribution in [3.05, 3.63) is 76.4 Å². The third-order valence-electron chi connectivity index (χ3n) is 6.12. The van der Waals surface area contributed by atoms with Crippen LogP contribution in [0.4, 0.5) is 10.1 Å². The van der Waals surface area contributed by atoms with Crippen molar-refractivity contribution in [1.82, 2.24) is 10.2 Å². The van der Waals surface area contributed by atoms with Crippen molar-refractivity contribution in [3.8, 4) is 0 Å². The molecule has 0 aliphatic carbocycles. The fraction of sp³-hybridized carbons (Fsp3) is 0.370. The number of hydrogen-bond donors (Lipinski definition) is 1. The molecule has 1 saturated heterocycles. The summed E-state index contributed by atoms with van der Waals surface area (Å²) >= 11 is 3.78. The number of amidine groups is 1. The molecule has 0 spiro atoms. The maximum Gasteiger partial charge on any atom is 0.138 e. The summed E-state index contributed by atoms with van der Waals surface area (Å²) < 4.78 is 14.9. The molecule has 6 heteroatoms. The predicted molar refractivity (Wildman–Crippen MR) is 138 cm³/mol. The number of para-hydroxylation sites is 1. The number of piperazine rings is 1. The molecule has 3 heterocycles. The topological polar surface area (TPSA) is 27.6 Å². The minimum atomic E-state index is -0.156. The van der Waals surface area contributed by atoms with E-state index in [0.29, 0.717) is 12.0 Å². The van der Waals surface area contributed by atoms with Gasteiger partial charge in [-0.25, -0.2) is 9.38 Å². The molecule has 33 heavy (non-hydrogen) atoms. The van der Waals surface area contributed by atoms with Crippen molar-refractivity contribution in [3.63, 3.8) is 0 Å². The van der Waals surface area contributed by atoms with E-state index in [2.05, 4.69) is 54.4 Å². The monoisotopic (exact) mass is 479 g/mol. The van der Waals surface area contributed by atoms with E-state index >= 15 is 0 Å². The van der Waals surface area contributed by atoms with Crippen molar-refractivity contribution in [2.45, 2.75) is 48.3 Å². The minimum absolute atomic E-state index is 0.156. The van der Waals surface area contributed by atoms with Crippen molar-refractivity contribution in [2.75, 3.05) is 19.6 Å². The molecule has 0 unspecified atom stereocenters. The Labute approximate surface area is 204 Å². The lowest BCUT2D eigenvalue weighted by Gasteiger charge is -2.36. The Balaban J connectivity index is 1.40. The Hall–Kier alpha value is -2.15. The lowest BCUT2D eigenvalue weighted by molar-refractivity contribution is 0.282. The van der Waals surface area contributed by atoms with Crippen LogP contribution in [0.3, 0.4) is 0 Å².